The Labute approximate surface area is 269 Å². The Hall–Kier alpha value is -2.43. The van der Waals surface area contributed by atoms with Crippen molar-refractivity contribution in [1.29, 1.82) is 0 Å². The largest absolute Gasteiger partial charge is 0.387 e. The van der Waals surface area contributed by atoms with Gasteiger partial charge in [0.05, 0.1) is 25.9 Å². The number of nitrogen functional groups attached to an aromatic ring is 2. The minimum atomic E-state index is -4.33. The highest BCUT2D eigenvalue weighted by molar-refractivity contribution is 8.44. The minimum absolute atomic E-state index is 0.0840. The summed E-state index contributed by atoms with van der Waals surface area (Å²) in [5, 5.41) is 22.8. The number of ether oxygens (including phenoxy) is 2. The van der Waals surface area contributed by atoms with Crippen LogP contribution in [-0.2, 0) is 43.9 Å². The van der Waals surface area contributed by atoms with Crippen LogP contribution >= 0.6 is 25.8 Å². The van der Waals surface area contributed by atoms with Gasteiger partial charge in [0, 0.05) is 0 Å². The Morgan fingerprint density at radius 1 is 0.978 bits per heavy atom. The summed E-state index contributed by atoms with van der Waals surface area (Å²) in [6, 6.07) is 0. The van der Waals surface area contributed by atoms with Gasteiger partial charge in [-0.05, 0) is 18.2 Å². The smallest absolute Gasteiger partial charge is 0.386 e. The molecule has 0 radical (unpaired) electrons. The maximum atomic E-state index is 13.7. The summed E-state index contributed by atoms with van der Waals surface area (Å²) in [5.41, 5.74) is 11.3. The second kappa shape index (κ2) is 11.6. The van der Waals surface area contributed by atoms with Gasteiger partial charge in [0.25, 0.3) is 0 Å². The highest BCUT2D eigenvalue weighted by atomic mass is 32.7. The number of aliphatic hydroxyl groups is 2. The van der Waals surface area contributed by atoms with Gasteiger partial charge in [0.2, 0.25) is 0 Å². The number of nitrogens with zero attached hydrogens (tertiary/aromatic N) is 8. The van der Waals surface area contributed by atoms with Crippen molar-refractivity contribution in [3.8, 4) is 0 Å². The molecule has 248 valence electrons. The van der Waals surface area contributed by atoms with E-state index in [9.17, 15) is 19.7 Å². The molecule has 46 heavy (non-hydrogen) atoms. The molecule has 4 aromatic heterocycles. The quantitative estimate of drug-likeness (QED) is 0.122. The predicted octanol–water partition coefficient (Wildman–Crippen LogP) is 0.199. The number of nitrogens with two attached hydrogens (primary N) is 2. The van der Waals surface area contributed by atoms with E-state index in [1.165, 1.54) is 34.4 Å². The fourth-order valence-corrected chi connectivity index (χ4v) is 8.68. The van der Waals surface area contributed by atoms with Gasteiger partial charge in [-0.1, -0.05) is 19.2 Å². The van der Waals surface area contributed by atoms with Gasteiger partial charge < -0.3 is 40.6 Å². The second-order valence-electron chi connectivity index (χ2n) is 10.7. The average molecular weight is 719 g/mol. The molecule has 4 aromatic rings. The first-order valence-electron chi connectivity index (χ1n) is 13.7. The number of fused-ring (bicyclic) bond motifs is 5. The van der Waals surface area contributed by atoms with E-state index in [2.05, 4.69) is 42.2 Å². The van der Waals surface area contributed by atoms with Crippen LogP contribution in [0.15, 0.2) is 25.3 Å². The lowest BCUT2D eigenvalue weighted by Crippen LogP contribution is -2.47. The SMILES string of the molecule is CC[C@@]12COP(O)(=S)O[C@@H]3[C@H](O)[C@@H](COP(=O)(S)O[C@H]1[C@@H](O)[C@H](n1cnc4c(N)ncnc41)O2)O[C@H]3n1cnc2c(N)ncnc21. The molecule has 2 unspecified atom stereocenters. The Kier molecular flexibility index (Phi) is 8.12. The van der Waals surface area contributed by atoms with E-state index in [1.54, 1.807) is 6.92 Å². The van der Waals surface area contributed by atoms with Crippen LogP contribution in [0.3, 0.4) is 0 Å². The van der Waals surface area contributed by atoms with E-state index in [0.717, 1.165) is 0 Å². The van der Waals surface area contributed by atoms with Gasteiger partial charge in [-0.25, -0.2) is 34.5 Å². The molecule has 7 heterocycles. The lowest BCUT2D eigenvalue weighted by atomic mass is 9.93. The van der Waals surface area contributed by atoms with Crippen LogP contribution in [0.2, 0.25) is 0 Å². The molecular weight excluding hydrogens is 690 g/mol. The molecule has 0 aromatic carbocycles. The topological polar surface area (TPSA) is 272 Å². The normalized spacial score (nSPS) is 38.8. The number of hydrogen-bond acceptors (Lipinski definition) is 18. The molecule has 0 spiro atoms. The van der Waals surface area contributed by atoms with Gasteiger partial charge in [0.15, 0.2) is 35.4 Å². The molecule has 2 bridgehead atoms. The Bertz CT molecular complexity index is 1900. The maximum absolute atomic E-state index is 13.7. The van der Waals surface area contributed by atoms with Gasteiger partial charge >= 0.3 is 13.5 Å². The molecule has 3 aliphatic heterocycles. The number of rotatable bonds is 3. The van der Waals surface area contributed by atoms with Crippen molar-refractivity contribution < 1.29 is 47.2 Å². The van der Waals surface area contributed by atoms with Crippen LogP contribution in [0.25, 0.3) is 22.3 Å². The summed E-state index contributed by atoms with van der Waals surface area (Å²) < 4.78 is 52.0. The molecule has 0 aliphatic carbocycles. The maximum Gasteiger partial charge on any atom is 0.386 e. The summed E-state index contributed by atoms with van der Waals surface area (Å²) in [6.45, 7) is -7.91. The number of aliphatic hydroxyl groups excluding tert-OH is 2. The summed E-state index contributed by atoms with van der Waals surface area (Å²) in [5.74, 6) is 0.202. The van der Waals surface area contributed by atoms with Crippen molar-refractivity contribution in [2.24, 2.45) is 0 Å². The highest BCUT2D eigenvalue weighted by Gasteiger charge is 2.59. The molecule has 3 fully saturated rings. The van der Waals surface area contributed by atoms with Crippen molar-refractivity contribution in [2.45, 2.75) is 61.9 Å². The number of imidazole rings is 2. The summed E-state index contributed by atoms with van der Waals surface area (Å²) in [7, 11) is 0. The predicted molar refractivity (Wildman–Crippen MR) is 163 cm³/mol. The Balaban J connectivity index is 1.24. The Morgan fingerprint density at radius 3 is 2.20 bits per heavy atom. The van der Waals surface area contributed by atoms with E-state index in [-0.39, 0.29) is 40.4 Å². The molecule has 24 heteroatoms. The summed E-state index contributed by atoms with van der Waals surface area (Å²) in [6.07, 6.45) is -4.21. The number of hydrogen-bond donors (Lipinski definition) is 6. The fraction of sp³-hybridized carbons (Fsp3) is 0.545. The van der Waals surface area contributed by atoms with Crippen molar-refractivity contribution in [1.82, 2.24) is 39.0 Å². The molecular formula is C22H28N10O10P2S2. The first kappa shape index (κ1) is 32.1. The zero-order valence-electron chi connectivity index (χ0n) is 23.7. The number of aromatic nitrogens is 8. The zero-order chi connectivity index (χ0) is 32.6. The van der Waals surface area contributed by atoms with E-state index < -0.39 is 75.3 Å². The zero-order valence-corrected chi connectivity index (χ0v) is 27.2. The van der Waals surface area contributed by atoms with Crippen molar-refractivity contribution in [3.63, 3.8) is 0 Å². The van der Waals surface area contributed by atoms with Crippen LogP contribution in [-0.4, -0.2) is 103 Å². The molecule has 3 aliphatic rings. The van der Waals surface area contributed by atoms with E-state index >= 15 is 0 Å². The highest BCUT2D eigenvalue weighted by Crippen LogP contribution is 2.60. The van der Waals surface area contributed by atoms with Gasteiger partial charge in [-0.2, -0.15) is 0 Å². The third kappa shape index (κ3) is 5.40. The molecule has 7 N–H and O–H groups in total. The number of thiol groups is 1. The van der Waals surface area contributed by atoms with Crippen LogP contribution in [0, 0.1) is 0 Å². The minimum Gasteiger partial charge on any atom is -0.387 e. The van der Waals surface area contributed by atoms with E-state index in [1.807, 2.05) is 0 Å². The first-order valence-corrected chi connectivity index (χ1v) is 19.0. The van der Waals surface area contributed by atoms with Crippen LogP contribution in [0.4, 0.5) is 11.6 Å². The van der Waals surface area contributed by atoms with Crippen LogP contribution in [0.1, 0.15) is 25.8 Å². The lowest BCUT2D eigenvalue weighted by Gasteiger charge is -2.35. The van der Waals surface area contributed by atoms with E-state index in [0.29, 0.717) is 0 Å². The van der Waals surface area contributed by atoms with Crippen LogP contribution in [0.5, 0.6) is 0 Å². The third-order valence-corrected chi connectivity index (χ3v) is 11.2. The average Bonchev–Trinajstić information content (AvgIpc) is 3.77. The van der Waals surface area contributed by atoms with Crippen molar-refractivity contribution in [2.75, 3.05) is 24.7 Å². The van der Waals surface area contributed by atoms with Gasteiger partial charge in [0.1, 0.15) is 59.8 Å². The first-order chi connectivity index (χ1) is 21.8. The van der Waals surface area contributed by atoms with E-state index in [4.69, 9.17) is 50.8 Å². The van der Waals surface area contributed by atoms with Crippen LogP contribution < -0.4 is 11.5 Å². The molecule has 3 saturated heterocycles. The van der Waals surface area contributed by atoms with Gasteiger partial charge in [-0.3, -0.25) is 22.7 Å². The van der Waals surface area contributed by atoms with Crippen molar-refractivity contribution >= 4 is 71.5 Å². The van der Waals surface area contributed by atoms with Crippen molar-refractivity contribution in [3.05, 3.63) is 25.3 Å². The molecule has 0 saturated carbocycles. The second-order valence-corrected chi connectivity index (χ2v) is 16.4. The number of anilines is 2. The monoisotopic (exact) mass is 718 g/mol. The Morgan fingerprint density at radius 2 is 1.59 bits per heavy atom. The third-order valence-electron chi connectivity index (χ3n) is 8.09. The summed E-state index contributed by atoms with van der Waals surface area (Å²) >= 11 is 9.52. The standard InChI is InChI=1S/C22H28N10O10P2S2/c1-2-22-4-38-44(36,46)41-14-12(33)9(39-21(14)32-8-30-11-17(24)26-6-28-19(11)32)3-37-43(35,45)42-15(22)13(34)20(40-22)31-7-29-10-16(23)25-5-27-18(10)31/h5-9,12-15,20-21,33-34H,2-4H2,1H3,(H,35,45)(H,36,46)(H2,23,25,27)(H2,24,26,28)/t9-,12-,13-,14-,15+,20-,21-,22-,43?,44?/m1/s1. The molecule has 7 rings (SSSR count). The summed E-state index contributed by atoms with van der Waals surface area (Å²) in [4.78, 5) is 36.0. The van der Waals surface area contributed by atoms with Gasteiger partial charge in [-0.15, -0.1) is 0 Å². The lowest BCUT2D eigenvalue weighted by molar-refractivity contribution is -0.125. The molecule has 10 atom stereocenters. The molecule has 20 nitrogen and oxygen atoms in total. The molecule has 0 amide bonds. The fourth-order valence-electron chi connectivity index (χ4n) is 5.74.